The van der Waals surface area contributed by atoms with Gasteiger partial charge >= 0.3 is 0 Å². The SMILES string of the molecule is O=Cc1nc(Cc2cccc(O)c2)no1. The van der Waals surface area contributed by atoms with E-state index in [0.29, 0.717) is 18.5 Å². The first-order valence-electron chi connectivity index (χ1n) is 4.33. The van der Waals surface area contributed by atoms with Crippen LogP contribution >= 0.6 is 0 Å². The Kier molecular flexibility index (Phi) is 2.45. The van der Waals surface area contributed by atoms with Crippen LogP contribution in [0.2, 0.25) is 0 Å². The van der Waals surface area contributed by atoms with Crippen LogP contribution in [-0.4, -0.2) is 21.5 Å². The van der Waals surface area contributed by atoms with E-state index in [1.54, 1.807) is 18.2 Å². The van der Waals surface area contributed by atoms with Crippen LogP contribution in [0.4, 0.5) is 0 Å². The maximum Gasteiger partial charge on any atom is 0.290 e. The number of phenolic OH excluding ortho intramolecular Hbond substituents is 1. The molecule has 1 aromatic carbocycles. The van der Waals surface area contributed by atoms with Crippen molar-refractivity contribution in [2.24, 2.45) is 0 Å². The Morgan fingerprint density at radius 3 is 3.00 bits per heavy atom. The van der Waals surface area contributed by atoms with E-state index in [9.17, 15) is 9.90 Å². The summed E-state index contributed by atoms with van der Waals surface area (Å²) in [5.74, 6) is 0.569. The summed E-state index contributed by atoms with van der Waals surface area (Å²) in [5, 5.41) is 12.8. The molecule has 2 rings (SSSR count). The lowest BCUT2D eigenvalue weighted by Crippen LogP contribution is -1.90. The van der Waals surface area contributed by atoms with Gasteiger partial charge in [-0.25, -0.2) is 0 Å². The third-order valence-electron chi connectivity index (χ3n) is 1.86. The lowest BCUT2D eigenvalue weighted by molar-refractivity contribution is 0.108. The van der Waals surface area contributed by atoms with Crippen LogP contribution in [0.1, 0.15) is 22.1 Å². The van der Waals surface area contributed by atoms with Crippen LogP contribution in [0.3, 0.4) is 0 Å². The van der Waals surface area contributed by atoms with Crippen molar-refractivity contribution in [2.45, 2.75) is 6.42 Å². The number of carbonyl (C=O) groups is 1. The fourth-order valence-electron chi connectivity index (χ4n) is 1.24. The zero-order valence-electron chi connectivity index (χ0n) is 7.75. The van der Waals surface area contributed by atoms with Crippen molar-refractivity contribution < 1.29 is 14.4 Å². The second-order valence-corrected chi connectivity index (χ2v) is 3.01. The molecule has 0 unspecified atom stereocenters. The maximum absolute atomic E-state index is 10.3. The zero-order chi connectivity index (χ0) is 10.7. The summed E-state index contributed by atoms with van der Waals surface area (Å²) >= 11 is 0. The van der Waals surface area contributed by atoms with Crippen LogP contribution in [0.5, 0.6) is 5.75 Å². The second kappa shape index (κ2) is 3.91. The van der Waals surface area contributed by atoms with Crippen molar-refractivity contribution in [1.82, 2.24) is 10.1 Å². The summed E-state index contributed by atoms with van der Waals surface area (Å²) in [6.45, 7) is 0. The van der Waals surface area contributed by atoms with Gasteiger partial charge in [0.15, 0.2) is 5.82 Å². The molecule has 1 aromatic heterocycles. The molecule has 1 heterocycles. The normalized spacial score (nSPS) is 10.1. The monoisotopic (exact) mass is 204 g/mol. The van der Waals surface area contributed by atoms with Gasteiger partial charge in [0.2, 0.25) is 6.29 Å². The van der Waals surface area contributed by atoms with Crippen LogP contribution in [0, 0.1) is 0 Å². The molecular formula is C10H8N2O3. The van der Waals surface area contributed by atoms with Gasteiger partial charge in [-0.15, -0.1) is 0 Å². The van der Waals surface area contributed by atoms with E-state index in [0.717, 1.165) is 5.56 Å². The minimum Gasteiger partial charge on any atom is -0.508 e. The highest BCUT2D eigenvalue weighted by atomic mass is 16.5. The molecule has 0 spiro atoms. The topological polar surface area (TPSA) is 76.2 Å². The van der Waals surface area contributed by atoms with Crippen molar-refractivity contribution in [3.63, 3.8) is 0 Å². The van der Waals surface area contributed by atoms with Crippen LogP contribution < -0.4 is 0 Å². The molecule has 76 valence electrons. The molecule has 15 heavy (non-hydrogen) atoms. The Morgan fingerprint density at radius 2 is 2.33 bits per heavy atom. The Balaban J connectivity index is 2.18. The summed E-state index contributed by atoms with van der Waals surface area (Å²) in [6, 6.07) is 6.75. The van der Waals surface area contributed by atoms with Crippen molar-refractivity contribution in [3.05, 3.63) is 41.5 Å². The van der Waals surface area contributed by atoms with E-state index in [2.05, 4.69) is 14.7 Å². The average Bonchev–Trinajstić information content (AvgIpc) is 2.65. The van der Waals surface area contributed by atoms with Gasteiger partial charge in [0.05, 0.1) is 0 Å². The van der Waals surface area contributed by atoms with E-state index in [1.807, 2.05) is 6.07 Å². The number of benzene rings is 1. The Labute approximate surface area is 85.4 Å². The minimum atomic E-state index is -0.0369. The molecule has 0 aliphatic carbocycles. The predicted octanol–water partition coefficient (Wildman–Crippen LogP) is 1.18. The predicted molar refractivity (Wildman–Crippen MR) is 50.6 cm³/mol. The lowest BCUT2D eigenvalue weighted by Gasteiger charge is -1.96. The number of nitrogens with zero attached hydrogens (tertiary/aromatic N) is 2. The van der Waals surface area contributed by atoms with Gasteiger partial charge in [-0.3, -0.25) is 4.79 Å². The molecule has 0 radical (unpaired) electrons. The molecule has 5 nitrogen and oxygen atoms in total. The van der Waals surface area contributed by atoms with Gasteiger partial charge in [0.25, 0.3) is 5.89 Å². The number of aldehydes is 1. The van der Waals surface area contributed by atoms with Crippen LogP contribution in [0.25, 0.3) is 0 Å². The van der Waals surface area contributed by atoms with Crippen LogP contribution in [-0.2, 0) is 6.42 Å². The zero-order valence-corrected chi connectivity index (χ0v) is 7.75. The van der Waals surface area contributed by atoms with E-state index < -0.39 is 0 Å². The number of hydrogen-bond donors (Lipinski definition) is 1. The molecule has 2 aromatic rings. The summed E-state index contributed by atoms with van der Waals surface area (Å²) in [4.78, 5) is 14.1. The van der Waals surface area contributed by atoms with Gasteiger partial charge in [-0.1, -0.05) is 17.3 Å². The van der Waals surface area contributed by atoms with Crippen LogP contribution in [0.15, 0.2) is 28.8 Å². The molecule has 0 aliphatic heterocycles. The fourth-order valence-corrected chi connectivity index (χ4v) is 1.24. The summed E-state index contributed by atoms with van der Waals surface area (Å²) in [7, 11) is 0. The molecule has 0 bridgehead atoms. The number of aromatic hydroxyl groups is 1. The number of phenols is 1. The first kappa shape index (κ1) is 9.39. The summed E-state index contributed by atoms with van der Waals surface area (Å²) in [5.41, 5.74) is 0.855. The molecule has 1 N–H and O–H groups in total. The molecule has 0 saturated heterocycles. The molecule has 5 heteroatoms. The van der Waals surface area contributed by atoms with Crippen molar-refractivity contribution in [3.8, 4) is 5.75 Å². The van der Waals surface area contributed by atoms with Crippen molar-refractivity contribution >= 4 is 6.29 Å². The third-order valence-corrected chi connectivity index (χ3v) is 1.86. The minimum absolute atomic E-state index is 0.0369. The number of aromatic nitrogens is 2. The lowest BCUT2D eigenvalue weighted by atomic mass is 10.1. The molecule has 0 fully saturated rings. The Bertz CT molecular complexity index is 479. The van der Waals surface area contributed by atoms with Crippen molar-refractivity contribution in [1.29, 1.82) is 0 Å². The highest BCUT2D eigenvalue weighted by Crippen LogP contribution is 2.13. The largest absolute Gasteiger partial charge is 0.508 e. The highest BCUT2D eigenvalue weighted by molar-refractivity contribution is 5.66. The first-order chi connectivity index (χ1) is 7.28. The van der Waals surface area contributed by atoms with Gasteiger partial charge in [0, 0.05) is 6.42 Å². The molecule has 0 aliphatic rings. The fraction of sp³-hybridized carbons (Fsp3) is 0.100. The average molecular weight is 204 g/mol. The Hall–Kier alpha value is -2.17. The van der Waals surface area contributed by atoms with E-state index in [4.69, 9.17) is 0 Å². The van der Waals surface area contributed by atoms with Gasteiger partial charge < -0.3 is 9.63 Å². The van der Waals surface area contributed by atoms with Gasteiger partial charge in [-0.2, -0.15) is 4.98 Å². The number of carbonyl (C=O) groups excluding carboxylic acids is 1. The number of rotatable bonds is 3. The summed E-state index contributed by atoms with van der Waals surface area (Å²) in [6.07, 6.45) is 0.921. The molecule has 0 saturated carbocycles. The standard InChI is InChI=1S/C10H8N2O3/c13-6-10-11-9(12-15-10)5-7-2-1-3-8(14)4-7/h1-4,6,14H,5H2. The third kappa shape index (κ3) is 2.19. The van der Waals surface area contributed by atoms with E-state index in [-0.39, 0.29) is 11.6 Å². The molecular weight excluding hydrogens is 196 g/mol. The second-order valence-electron chi connectivity index (χ2n) is 3.01. The molecule has 0 atom stereocenters. The number of hydrogen-bond acceptors (Lipinski definition) is 5. The quantitative estimate of drug-likeness (QED) is 0.759. The van der Waals surface area contributed by atoms with E-state index >= 15 is 0 Å². The van der Waals surface area contributed by atoms with E-state index in [1.165, 1.54) is 0 Å². The first-order valence-corrected chi connectivity index (χ1v) is 4.33. The van der Waals surface area contributed by atoms with Gasteiger partial charge in [-0.05, 0) is 17.7 Å². The Morgan fingerprint density at radius 1 is 1.47 bits per heavy atom. The van der Waals surface area contributed by atoms with Gasteiger partial charge in [0.1, 0.15) is 5.75 Å². The summed E-state index contributed by atoms with van der Waals surface area (Å²) < 4.78 is 4.62. The maximum atomic E-state index is 10.3. The highest BCUT2D eigenvalue weighted by Gasteiger charge is 2.05. The van der Waals surface area contributed by atoms with Crippen molar-refractivity contribution in [2.75, 3.05) is 0 Å². The molecule has 0 amide bonds. The smallest absolute Gasteiger partial charge is 0.290 e.